The van der Waals surface area contributed by atoms with Crippen LogP contribution >= 0.6 is 0 Å². The molecule has 0 unspecified atom stereocenters. The summed E-state index contributed by atoms with van der Waals surface area (Å²) in [5.41, 5.74) is -0.380. The van der Waals surface area contributed by atoms with Gasteiger partial charge in [-0.25, -0.2) is 4.79 Å². The van der Waals surface area contributed by atoms with Gasteiger partial charge in [0.05, 0.1) is 0 Å². The molecule has 120 valence electrons. The van der Waals surface area contributed by atoms with E-state index in [0.717, 1.165) is 15.8 Å². The van der Waals surface area contributed by atoms with Gasteiger partial charge < -0.3 is 10.0 Å². The van der Waals surface area contributed by atoms with E-state index in [0.29, 0.717) is 0 Å². The van der Waals surface area contributed by atoms with Crippen LogP contribution in [0.15, 0.2) is 39.9 Å². The van der Waals surface area contributed by atoms with Gasteiger partial charge in [0.25, 0.3) is 5.56 Å². The molecule has 0 aliphatic rings. The molecule has 0 fully saturated rings. The van der Waals surface area contributed by atoms with Crippen LogP contribution in [0.5, 0.6) is 5.88 Å². The number of anilines is 1. The highest BCUT2D eigenvalue weighted by molar-refractivity contribution is 6.08. The van der Waals surface area contributed by atoms with E-state index in [1.165, 1.54) is 19.2 Å². The van der Waals surface area contributed by atoms with Crippen LogP contribution in [-0.4, -0.2) is 34.5 Å². The van der Waals surface area contributed by atoms with Crippen LogP contribution in [0, 0.1) is 0 Å². The van der Waals surface area contributed by atoms with Crippen molar-refractivity contribution >= 4 is 17.5 Å². The molecule has 0 aliphatic carbocycles. The molecule has 7 heteroatoms. The monoisotopic (exact) mass is 315 g/mol. The summed E-state index contributed by atoms with van der Waals surface area (Å²) < 4.78 is 0.800. The van der Waals surface area contributed by atoms with Gasteiger partial charge in [0.2, 0.25) is 5.88 Å². The van der Waals surface area contributed by atoms with Gasteiger partial charge in [0.1, 0.15) is 5.56 Å². The van der Waals surface area contributed by atoms with E-state index >= 15 is 0 Å². The number of aromatic amines is 1. The Kier molecular flexibility index (Phi) is 4.49. The Labute approximate surface area is 132 Å². The average Bonchev–Trinajstić information content (AvgIpc) is 2.51. The number of aromatic nitrogens is 2. The summed E-state index contributed by atoms with van der Waals surface area (Å²) in [7, 11) is 5.10. The Hall–Kier alpha value is -3.09. The van der Waals surface area contributed by atoms with E-state index in [9.17, 15) is 19.5 Å². The lowest BCUT2D eigenvalue weighted by molar-refractivity contribution is 0.104. The topological polar surface area (TPSA) is 95.4 Å². The van der Waals surface area contributed by atoms with Gasteiger partial charge in [0.15, 0.2) is 5.78 Å². The zero-order valence-electron chi connectivity index (χ0n) is 13.0. The van der Waals surface area contributed by atoms with Crippen molar-refractivity contribution in [3.05, 3.63) is 62.3 Å². The molecule has 0 radical (unpaired) electrons. The van der Waals surface area contributed by atoms with Crippen LogP contribution < -0.4 is 16.1 Å². The first kappa shape index (κ1) is 16.3. The fourth-order valence-electron chi connectivity index (χ4n) is 1.97. The predicted molar refractivity (Wildman–Crippen MR) is 88.1 cm³/mol. The van der Waals surface area contributed by atoms with E-state index < -0.39 is 28.5 Å². The van der Waals surface area contributed by atoms with Gasteiger partial charge in [0, 0.05) is 26.8 Å². The minimum atomic E-state index is -0.914. The molecular formula is C16H17N3O4. The number of hydrogen-bond acceptors (Lipinski definition) is 5. The summed E-state index contributed by atoms with van der Waals surface area (Å²) in [5.74, 6) is -1.34. The molecule has 0 saturated carbocycles. The largest absolute Gasteiger partial charge is 0.494 e. The van der Waals surface area contributed by atoms with Crippen LogP contribution in [0.3, 0.4) is 0 Å². The van der Waals surface area contributed by atoms with Gasteiger partial charge in [-0.05, 0) is 23.8 Å². The molecule has 0 bridgehead atoms. The second kappa shape index (κ2) is 6.35. The lowest BCUT2D eigenvalue weighted by Crippen LogP contribution is -2.32. The van der Waals surface area contributed by atoms with Gasteiger partial charge in [-0.3, -0.25) is 19.1 Å². The Morgan fingerprint density at radius 2 is 1.83 bits per heavy atom. The first-order valence-corrected chi connectivity index (χ1v) is 6.83. The highest BCUT2D eigenvalue weighted by atomic mass is 16.3. The number of H-pyrrole nitrogens is 1. The number of carbonyl (C=O) groups is 1. The molecule has 0 spiro atoms. The zero-order chi connectivity index (χ0) is 17.1. The van der Waals surface area contributed by atoms with Crippen molar-refractivity contribution < 1.29 is 9.90 Å². The SMILES string of the molecule is CN(C)c1ccc(C=CC(=O)c2c(O)n(C)c(=O)[nH]c2=O)cc1. The zero-order valence-corrected chi connectivity index (χ0v) is 13.0. The van der Waals surface area contributed by atoms with Crippen molar-refractivity contribution in [2.75, 3.05) is 19.0 Å². The lowest BCUT2D eigenvalue weighted by atomic mass is 10.1. The Balaban J connectivity index is 2.31. The molecule has 0 saturated heterocycles. The molecule has 0 atom stereocenters. The van der Waals surface area contributed by atoms with Crippen molar-refractivity contribution in [1.82, 2.24) is 9.55 Å². The van der Waals surface area contributed by atoms with Crippen molar-refractivity contribution in [3.63, 3.8) is 0 Å². The maximum atomic E-state index is 12.1. The van der Waals surface area contributed by atoms with Gasteiger partial charge in [-0.1, -0.05) is 18.2 Å². The molecule has 2 N–H and O–H groups in total. The second-order valence-electron chi connectivity index (χ2n) is 5.20. The van der Waals surface area contributed by atoms with E-state index in [1.807, 2.05) is 48.2 Å². The van der Waals surface area contributed by atoms with Crippen LogP contribution in [0.1, 0.15) is 15.9 Å². The minimum absolute atomic E-state index is 0.465. The van der Waals surface area contributed by atoms with Crippen molar-refractivity contribution in [2.24, 2.45) is 7.05 Å². The van der Waals surface area contributed by atoms with Gasteiger partial charge >= 0.3 is 5.69 Å². The van der Waals surface area contributed by atoms with Crippen molar-refractivity contribution in [1.29, 1.82) is 0 Å². The van der Waals surface area contributed by atoms with Crippen LogP contribution in [0.25, 0.3) is 6.08 Å². The number of hydrogen-bond donors (Lipinski definition) is 2. The molecule has 7 nitrogen and oxygen atoms in total. The van der Waals surface area contributed by atoms with Crippen LogP contribution in [0.4, 0.5) is 5.69 Å². The number of nitrogens with one attached hydrogen (secondary N) is 1. The minimum Gasteiger partial charge on any atom is -0.494 e. The molecule has 0 amide bonds. The number of aromatic hydroxyl groups is 1. The molecule has 23 heavy (non-hydrogen) atoms. The highest BCUT2D eigenvalue weighted by Crippen LogP contribution is 2.14. The molecule has 1 aromatic heterocycles. The maximum Gasteiger partial charge on any atom is 0.330 e. The lowest BCUT2D eigenvalue weighted by Gasteiger charge is -2.11. The molecule has 2 rings (SSSR count). The third kappa shape index (κ3) is 3.39. The van der Waals surface area contributed by atoms with E-state index in [1.54, 1.807) is 0 Å². The smallest absolute Gasteiger partial charge is 0.330 e. The summed E-state index contributed by atoms with van der Waals surface area (Å²) >= 11 is 0. The predicted octanol–water partition coefficient (Wildman–Crippen LogP) is 0.741. The summed E-state index contributed by atoms with van der Waals surface area (Å²) in [4.78, 5) is 39.0. The highest BCUT2D eigenvalue weighted by Gasteiger charge is 2.17. The first-order chi connectivity index (χ1) is 10.8. The van der Waals surface area contributed by atoms with Crippen molar-refractivity contribution in [2.45, 2.75) is 0 Å². The standard InChI is InChI=1S/C16H17N3O4/c1-18(2)11-7-4-10(5-8-11)6-9-12(20)13-14(21)17-16(23)19(3)15(13)22/h4-9,22H,1-3H3,(H,17,21,23). The number of rotatable bonds is 4. The Bertz CT molecular complexity index is 874. The number of nitrogens with zero attached hydrogens (tertiary/aromatic N) is 2. The fraction of sp³-hybridized carbons (Fsp3) is 0.188. The van der Waals surface area contributed by atoms with Crippen molar-refractivity contribution in [3.8, 4) is 5.88 Å². The number of carbonyl (C=O) groups excluding carboxylic acids is 1. The fourth-order valence-corrected chi connectivity index (χ4v) is 1.97. The second-order valence-corrected chi connectivity index (χ2v) is 5.20. The van der Waals surface area contributed by atoms with E-state index in [4.69, 9.17) is 0 Å². The van der Waals surface area contributed by atoms with Gasteiger partial charge in [-0.2, -0.15) is 0 Å². The Morgan fingerprint density at radius 3 is 2.39 bits per heavy atom. The molecule has 1 aromatic carbocycles. The van der Waals surface area contributed by atoms with Gasteiger partial charge in [-0.15, -0.1) is 0 Å². The van der Waals surface area contributed by atoms with Crippen LogP contribution in [0.2, 0.25) is 0 Å². The first-order valence-electron chi connectivity index (χ1n) is 6.83. The molecular weight excluding hydrogens is 298 g/mol. The quantitative estimate of drug-likeness (QED) is 0.641. The summed E-state index contributed by atoms with van der Waals surface area (Å²) in [6.07, 6.45) is 2.71. The summed E-state index contributed by atoms with van der Waals surface area (Å²) in [5, 5.41) is 9.81. The maximum absolute atomic E-state index is 12.1. The Morgan fingerprint density at radius 1 is 1.22 bits per heavy atom. The summed E-state index contributed by atoms with van der Waals surface area (Å²) in [6.45, 7) is 0. The number of allylic oxidation sites excluding steroid dienone is 1. The number of ketones is 1. The number of benzene rings is 1. The third-order valence-corrected chi connectivity index (χ3v) is 3.38. The van der Waals surface area contributed by atoms with Crippen LogP contribution in [-0.2, 0) is 7.05 Å². The van der Waals surface area contributed by atoms with E-state index in [2.05, 4.69) is 0 Å². The molecule has 1 heterocycles. The normalized spacial score (nSPS) is 10.9. The van der Waals surface area contributed by atoms with E-state index in [-0.39, 0.29) is 0 Å². The average molecular weight is 315 g/mol. The third-order valence-electron chi connectivity index (χ3n) is 3.38. The summed E-state index contributed by atoms with van der Waals surface area (Å²) in [6, 6.07) is 7.43. The molecule has 2 aromatic rings. The molecule has 0 aliphatic heterocycles.